The highest BCUT2D eigenvalue weighted by Crippen LogP contribution is 2.41. The van der Waals surface area contributed by atoms with Crippen molar-refractivity contribution in [3.63, 3.8) is 0 Å². The molecule has 0 aliphatic carbocycles. The molecule has 6 heteroatoms. The first-order chi connectivity index (χ1) is 11.6. The van der Waals surface area contributed by atoms with Crippen LogP contribution in [0.15, 0.2) is 43.0 Å². The van der Waals surface area contributed by atoms with Crippen molar-refractivity contribution in [3.8, 4) is 0 Å². The van der Waals surface area contributed by atoms with Gasteiger partial charge in [0.25, 0.3) is 0 Å². The van der Waals surface area contributed by atoms with Crippen molar-refractivity contribution >= 4 is 12.1 Å². The van der Waals surface area contributed by atoms with Crippen LogP contribution in [0.2, 0.25) is 0 Å². The van der Waals surface area contributed by atoms with Crippen LogP contribution in [-0.2, 0) is 20.9 Å². The smallest absolute Gasteiger partial charge is 0.410 e. The van der Waals surface area contributed by atoms with Gasteiger partial charge in [-0.1, -0.05) is 36.4 Å². The third-order valence-electron chi connectivity index (χ3n) is 4.47. The van der Waals surface area contributed by atoms with Gasteiger partial charge in [0.1, 0.15) is 12.6 Å². The molecule has 1 aliphatic heterocycles. The molecular weight excluding hydrogens is 310 g/mol. The molecule has 1 heterocycles. The quantitative estimate of drug-likeness (QED) is 0.637. The van der Waals surface area contributed by atoms with Crippen LogP contribution in [-0.4, -0.2) is 48.4 Å². The van der Waals surface area contributed by atoms with Gasteiger partial charge in [0.05, 0.1) is 13.7 Å². The predicted molar refractivity (Wildman–Crippen MR) is 88.1 cm³/mol. The van der Waals surface area contributed by atoms with Crippen LogP contribution in [0.3, 0.4) is 0 Å². The van der Waals surface area contributed by atoms with Crippen LogP contribution in [0.5, 0.6) is 0 Å². The molecule has 0 bridgehead atoms. The molecule has 1 amide bonds. The van der Waals surface area contributed by atoms with Gasteiger partial charge in [-0.15, -0.1) is 6.58 Å². The maximum absolute atomic E-state index is 12.4. The summed E-state index contributed by atoms with van der Waals surface area (Å²) in [6.45, 7) is 3.89. The number of methoxy groups -OCH3 is 1. The number of amides is 1. The number of hydrogen-bond acceptors (Lipinski definition) is 5. The van der Waals surface area contributed by atoms with E-state index in [0.717, 1.165) is 5.56 Å². The first-order valence-electron chi connectivity index (χ1n) is 7.85. The lowest BCUT2D eigenvalue weighted by atomic mass is 9.78. The van der Waals surface area contributed by atoms with Gasteiger partial charge in [-0.2, -0.15) is 0 Å². The molecule has 0 saturated carbocycles. The van der Waals surface area contributed by atoms with Crippen LogP contribution in [0.4, 0.5) is 4.79 Å². The number of allylic oxidation sites excluding steroid dienone is 1. The Labute approximate surface area is 141 Å². The molecule has 2 atom stereocenters. The summed E-state index contributed by atoms with van der Waals surface area (Å²) in [5, 5.41) is 9.84. The molecule has 24 heavy (non-hydrogen) atoms. The summed E-state index contributed by atoms with van der Waals surface area (Å²) in [6, 6.07) is 8.42. The lowest BCUT2D eigenvalue weighted by molar-refractivity contribution is -0.150. The van der Waals surface area contributed by atoms with Gasteiger partial charge >= 0.3 is 12.1 Å². The van der Waals surface area contributed by atoms with Gasteiger partial charge in [-0.05, 0) is 18.4 Å². The van der Waals surface area contributed by atoms with Gasteiger partial charge < -0.3 is 14.6 Å². The monoisotopic (exact) mass is 333 g/mol. The van der Waals surface area contributed by atoms with Crippen molar-refractivity contribution in [2.45, 2.75) is 25.5 Å². The van der Waals surface area contributed by atoms with Crippen LogP contribution < -0.4 is 0 Å². The number of aliphatic hydroxyl groups excluding tert-OH is 1. The van der Waals surface area contributed by atoms with E-state index >= 15 is 0 Å². The number of esters is 1. The lowest BCUT2D eigenvalue weighted by Crippen LogP contribution is -2.50. The second kappa shape index (κ2) is 7.97. The molecule has 1 saturated heterocycles. The Morgan fingerprint density at radius 3 is 2.71 bits per heavy atom. The second-order valence-electron chi connectivity index (χ2n) is 5.92. The van der Waals surface area contributed by atoms with Crippen molar-refractivity contribution in [1.82, 2.24) is 4.90 Å². The fraction of sp³-hybridized carbons (Fsp3) is 0.444. The zero-order chi connectivity index (χ0) is 17.6. The molecule has 0 aromatic heterocycles. The van der Waals surface area contributed by atoms with Crippen molar-refractivity contribution in [1.29, 1.82) is 0 Å². The van der Waals surface area contributed by atoms with E-state index in [0.29, 0.717) is 19.4 Å². The fourth-order valence-electron chi connectivity index (χ4n) is 3.16. The van der Waals surface area contributed by atoms with E-state index in [4.69, 9.17) is 9.47 Å². The Kier molecular flexibility index (Phi) is 5.98. The highest BCUT2D eigenvalue weighted by molar-refractivity contribution is 5.83. The van der Waals surface area contributed by atoms with Crippen molar-refractivity contribution < 1.29 is 24.2 Å². The molecule has 1 aromatic rings. The van der Waals surface area contributed by atoms with Crippen molar-refractivity contribution in [2.75, 3.05) is 20.3 Å². The minimum absolute atomic E-state index is 0.123. The van der Waals surface area contributed by atoms with E-state index in [2.05, 4.69) is 6.58 Å². The zero-order valence-corrected chi connectivity index (χ0v) is 13.8. The number of carbonyl (C=O) groups excluding carboxylic acids is 2. The van der Waals surface area contributed by atoms with Gasteiger partial charge in [-0.3, -0.25) is 4.90 Å². The Morgan fingerprint density at radius 1 is 1.42 bits per heavy atom. The molecule has 1 aromatic carbocycles. The molecule has 0 radical (unpaired) electrons. The van der Waals surface area contributed by atoms with E-state index in [1.807, 2.05) is 30.3 Å². The Bertz CT molecular complexity index is 588. The largest absolute Gasteiger partial charge is 0.467 e. The van der Waals surface area contributed by atoms with Gasteiger partial charge in [0, 0.05) is 12.0 Å². The van der Waals surface area contributed by atoms with Crippen LogP contribution in [0.1, 0.15) is 18.4 Å². The van der Waals surface area contributed by atoms with E-state index in [1.165, 1.54) is 12.0 Å². The van der Waals surface area contributed by atoms with Gasteiger partial charge in [-0.25, -0.2) is 9.59 Å². The molecule has 130 valence electrons. The summed E-state index contributed by atoms with van der Waals surface area (Å²) in [7, 11) is 1.27. The van der Waals surface area contributed by atoms with E-state index < -0.39 is 23.5 Å². The second-order valence-corrected chi connectivity index (χ2v) is 5.92. The number of hydrogen-bond donors (Lipinski definition) is 1. The number of rotatable bonds is 6. The highest BCUT2D eigenvalue weighted by atomic mass is 16.6. The van der Waals surface area contributed by atoms with Gasteiger partial charge in [0.15, 0.2) is 0 Å². The number of benzene rings is 1. The normalized spacial score (nSPS) is 22.9. The summed E-state index contributed by atoms with van der Waals surface area (Å²) in [5.74, 6) is -0.555. The molecular formula is C18H23NO5. The van der Waals surface area contributed by atoms with E-state index in [-0.39, 0.29) is 13.2 Å². The standard InChI is InChI=1S/C18H23NO5/c1-3-9-18(13-20)10-11-19(15(18)16(21)23-2)17(22)24-12-14-7-5-4-6-8-14/h3-8,15,20H,1,9-13H2,2H3/t15-,18-/m1/s1. The van der Waals surface area contributed by atoms with Crippen LogP contribution in [0, 0.1) is 5.41 Å². The Hall–Kier alpha value is -2.34. The molecule has 1 N–H and O–H groups in total. The summed E-state index contributed by atoms with van der Waals surface area (Å²) >= 11 is 0. The molecule has 0 spiro atoms. The minimum Gasteiger partial charge on any atom is -0.467 e. The van der Waals surface area contributed by atoms with Crippen molar-refractivity contribution in [2.24, 2.45) is 5.41 Å². The van der Waals surface area contributed by atoms with Gasteiger partial charge in [0.2, 0.25) is 0 Å². The zero-order valence-electron chi connectivity index (χ0n) is 13.8. The molecule has 1 fully saturated rings. The third-order valence-corrected chi connectivity index (χ3v) is 4.47. The third kappa shape index (κ3) is 3.59. The minimum atomic E-state index is -0.881. The predicted octanol–water partition coefficient (Wildman–Crippen LogP) is 2.13. The summed E-state index contributed by atoms with van der Waals surface area (Å²) < 4.78 is 10.2. The number of nitrogens with zero attached hydrogens (tertiary/aromatic N) is 1. The molecule has 0 unspecified atom stereocenters. The topological polar surface area (TPSA) is 76.1 Å². The number of carbonyl (C=O) groups is 2. The average molecular weight is 333 g/mol. The van der Waals surface area contributed by atoms with Crippen molar-refractivity contribution in [3.05, 3.63) is 48.6 Å². The van der Waals surface area contributed by atoms with Crippen LogP contribution >= 0.6 is 0 Å². The molecule has 2 rings (SSSR count). The Morgan fingerprint density at radius 2 is 2.12 bits per heavy atom. The van der Waals surface area contributed by atoms with E-state index in [9.17, 15) is 14.7 Å². The summed E-state index contributed by atoms with van der Waals surface area (Å²) in [4.78, 5) is 26.0. The first kappa shape index (κ1) is 18.0. The SMILES string of the molecule is C=CC[C@]1(CO)CCN(C(=O)OCc2ccccc2)[C@@H]1C(=O)OC. The maximum atomic E-state index is 12.4. The van der Waals surface area contributed by atoms with Crippen LogP contribution in [0.25, 0.3) is 0 Å². The average Bonchev–Trinajstić information content (AvgIpc) is 3.00. The lowest BCUT2D eigenvalue weighted by Gasteiger charge is -2.33. The highest BCUT2D eigenvalue weighted by Gasteiger charge is 2.53. The summed E-state index contributed by atoms with van der Waals surface area (Å²) in [5.41, 5.74) is 0.0832. The molecule has 1 aliphatic rings. The fourth-order valence-corrected chi connectivity index (χ4v) is 3.16. The molecule has 6 nitrogen and oxygen atoms in total. The van der Waals surface area contributed by atoms with E-state index in [1.54, 1.807) is 6.08 Å². The maximum Gasteiger partial charge on any atom is 0.410 e. The number of likely N-dealkylation sites (tertiary alicyclic amines) is 1. The Balaban J connectivity index is 2.13. The number of aliphatic hydroxyl groups is 1. The number of ether oxygens (including phenoxy) is 2. The summed E-state index contributed by atoms with van der Waals surface area (Å²) in [6.07, 6.45) is 1.94. The first-order valence-corrected chi connectivity index (χ1v) is 7.85.